The van der Waals surface area contributed by atoms with Gasteiger partial charge in [-0.3, -0.25) is 9.88 Å². The average molecular weight is 373 g/mol. The second-order valence-electron chi connectivity index (χ2n) is 6.06. The van der Waals surface area contributed by atoms with Crippen LogP contribution in [0.4, 0.5) is 15.0 Å². The first-order valence-corrected chi connectivity index (χ1v) is 8.63. The summed E-state index contributed by atoms with van der Waals surface area (Å²) in [6.07, 6.45) is 0.903. The number of amides is 1. The van der Waals surface area contributed by atoms with Gasteiger partial charge < -0.3 is 19.7 Å². The number of anilines is 1. The molecule has 0 spiro atoms. The van der Waals surface area contributed by atoms with Crippen molar-refractivity contribution in [3.05, 3.63) is 22.5 Å². The molecule has 1 amide bonds. The lowest BCUT2D eigenvalue weighted by Crippen LogP contribution is -2.30. The molecule has 1 aliphatic rings. The summed E-state index contributed by atoms with van der Waals surface area (Å²) in [6.45, 7) is 1.83. The highest BCUT2D eigenvalue weighted by atomic mass is 19.1. The fourth-order valence-electron chi connectivity index (χ4n) is 2.62. The highest BCUT2D eigenvalue weighted by Gasteiger charge is 2.35. The number of unbranched alkanes of at least 4 members (excludes halogenated alkanes) is 3. The van der Waals surface area contributed by atoms with Crippen molar-refractivity contribution in [3.8, 4) is 0 Å². The van der Waals surface area contributed by atoms with E-state index >= 15 is 0 Å². The Morgan fingerprint density at radius 1 is 1.50 bits per heavy atom. The quantitative estimate of drug-likeness (QED) is 0.584. The molecule has 26 heavy (non-hydrogen) atoms. The number of rotatable bonds is 8. The number of carbonyl (C=O) groups is 1. The molecule has 146 valence electrons. The lowest BCUT2D eigenvalue weighted by atomic mass is 10.2. The number of halogens is 1. The minimum Gasteiger partial charge on any atom is -0.449 e. The number of hydrogen-bond donors (Lipinski definition) is 3. The van der Waals surface area contributed by atoms with Gasteiger partial charge in [0, 0.05) is 6.42 Å². The molecule has 0 saturated carbocycles. The predicted molar refractivity (Wildman–Crippen MR) is 89.2 cm³/mol. The molecule has 0 bridgehead atoms. The highest BCUT2D eigenvalue weighted by molar-refractivity contribution is 5.83. The van der Waals surface area contributed by atoms with E-state index in [0.29, 0.717) is 6.42 Å². The van der Waals surface area contributed by atoms with Crippen LogP contribution in [0, 0.1) is 5.82 Å². The van der Waals surface area contributed by atoms with E-state index in [1.54, 1.807) is 0 Å². The van der Waals surface area contributed by atoms with E-state index in [4.69, 9.17) is 14.6 Å². The van der Waals surface area contributed by atoms with Gasteiger partial charge in [0.2, 0.25) is 0 Å². The molecule has 1 aromatic heterocycles. The Morgan fingerprint density at radius 2 is 2.27 bits per heavy atom. The van der Waals surface area contributed by atoms with Crippen LogP contribution in [0.15, 0.2) is 11.0 Å². The van der Waals surface area contributed by atoms with Crippen molar-refractivity contribution in [2.24, 2.45) is 0 Å². The van der Waals surface area contributed by atoms with Gasteiger partial charge in [0.25, 0.3) is 0 Å². The first-order valence-electron chi connectivity index (χ1n) is 8.63. The number of aromatic nitrogens is 2. The summed E-state index contributed by atoms with van der Waals surface area (Å²) in [5.41, 5.74) is -0.861. The number of nitrogens with zero attached hydrogens (tertiary/aromatic N) is 2. The molecule has 3 atom stereocenters. The molecule has 1 saturated heterocycles. The van der Waals surface area contributed by atoms with Gasteiger partial charge in [0.05, 0.1) is 25.5 Å². The molecular weight excluding hydrogens is 349 g/mol. The Morgan fingerprint density at radius 3 is 2.92 bits per heavy atom. The topological polar surface area (TPSA) is 123 Å². The number of nitrogens with one attached hydrogen (secondary N) is 1. The summed E-state index contributed by atoms with van der Waals surface area (Å²) in [7, 11) is 0. The zero-order valence-electron chi connectivity index (χ0n) is 14.6. The van der Waals surface area contributed by atoms with Crippen LogP contribution in [0.5, 0.6) is 0 Å². The van der Waals surface area contributed by atoms with E-state index in [1.165, 1.54) is 0 Å². The summed E-state index contributed by atoms with van der Waals surface area (Å²) in [5, 5.41) is 20.9. The van der Waals surface area contributed by atoms with Crippen LogP contribution in [-0.4, -0.2) is 51.3 Å². The fraction of sp³-hybridized carbons (Fsp3) is 0.688. The lowest BCUT2D eigenvalue weighted by Gasteiger charge is -2.15. The van der Waals surface area contributed by atoms with E-state index in [-0.39, 0.29) is 13.0 Å². The third-order valence-electron chi connectivity index (χ3n) is 4.05. The van der Waals surface area contributed by atoms with Crippen LogP contribution in [0.25, 0.3) is 0 Å². The molecule has 1 aliphatic heterocycles. The first-order chi connectivity index (χ1) is 12.5. The summed E-state index contributed by atoms with van der Waals surface area (Å²) in [6, 6.07) is 0. The summed E-state index contributed by atoms with van der Waals surface area (Å²) < 4.78 is 25.2. The average Bonchev–Trinajstić information content (AvgIpc) is 2.98. The van der Waals surface area contributed by atoms with E-state index in [2.05, 4.69) is 17.2 Å². The molecule has 10 heteroatoms. The minimum absolute atomic E-state index is 0.0127. The number of ether oxygens (including phenoxy) is 2. The Hall–Kier alpha value is -2.04. The maximum atomic E-state index is 14.1. The molecule has 0 aliphatic carbocycles. The highest BCUT2D eigenvalue weighted by Crippen LogP contribution is 2.27. The number of aliphatic hydroxyl groups excluding tert-OH is 2. The number of aliphatic hydroxyl groups is 2. The first kappa shape index (κ1) is 20.3. The molecule has 2 rings (SSSR count). The van der Waals surface area contributed by atoms with Gasteiger partial charge in [-0.1, -0.05) is 26.2 Å². The molecule has 0 aromatic carbocycles. The van der Waals surface area contributed by atoms with Crippen LogP contribution in [0.2, 0.25) is 0 Å². The molecule has 9 nitrogen and oxygen atoms in total. The second kappa shape index (κ2) is 9.60. The van der Waals surface area contributed by atoms with Gasteiger partial charge in [0.1, 0.15) is 12.3 Å². The Balaban J connectivity index is 1.96. The van der Waals surface area contributed by atoms with E-state index < -0.39 is 48.5 Å². The maximum absolute atomic E-state index is 14.1. The van der Waals surface area contributed by atoms with Gasteiger partial charge in [-0.15, -0.1) is 0 Å². The SMILES string of the molecule is CCCCCCOC(=O)Nc1nc(=O)n([C@H]2C[C@H](O)[C@@H](CO)O2)cc1F. The van der Waals surface area contributed by atoms with Gasteiger partial charge in [-0.05, 0) is 6.42 Å². The van der Waals surface area contributed by atoms with Crippen molar-refractivity contribution in [1.82, 2.24) is 9.55 Å². The minimum atomic E-state index is -0.972. The van der Waals surface area contributed by atoms with Crippen molar-refractivity contribution in [2.75, 3.05) is 18.5 Å². The van der Waals surface area contributed by atoms with Crippen molar-refractivity contribution < 1.29 is 28.9 Å². The second-order valence-corrected chi connectivity index (χ2v) is 6.06. The molecule has 1 fully saturated rings. The standard InChI is InChI=1S/C16H24FN3O6/c1-2-3-4-5-6-25-16(24)19-14-10(17)8-20(15(23)18-14)13-7-11(22)12(9-21)26-13/h8,11-13,21-22H,2-7,9H2,1H3,(H,18,19,23,24)/t11-,12+,13+/m0/s1. The molecular formula is C16H24FN3O6. The van der Waals surface area contributed by atoms with E-state index in [9.17, 15) is 19.1 Å². The molecule has 0 radical (unpaired) electrons. The number of hydrogen-bond acceptors (Lipinski definition) is 7. The lowest BCUT2D eigenvalue weighted by molar-refractivity contribution is -0.0461. The molecule has 3 N–H and O–H groups in total. The van der Waals surface area contributed by atoms with Crippen LogP contribution in [0.1, 0.15) is 45.3 Å². The zero-order chi connectivity index (χ0) is 19.1. The van der Waals surface area contributed by atoms with E-state index in [0.717, 1.165) is 30.0 Å². The Bertz CT molecular complexity index is 668. The Labute approximate surface area is 149 Å². The molecule has 0 unspecified atom stereocenters. The van der Waals surface area contributed by atoms with Gasteiger partial charge in [-0.25, -0.2) is 14.0 Å². The normalized spacial score (nSPS) is 22.4. The zero-order valence-corrected chi connectivity index (χ0v) is 14.6. The van der Waals surface area contributed by atoms with Crippen LogP contribution < -0.4 is 11.0 Å². The summed E-state index contributed by atoms with van der Waals surface area (Å²) >= 11 is 0. The predicted octanol–water partition coefficient (Wildman–Crippen LogP) is 1.15. The van der Waals surface area contributed by atoms with Crippen molar-refractivity contribution >= 4 is 11.9 Å². The Kier molecular flexibility index (Phi) is 7.49. The van der Waals surface area contributed by atoms with Gasteiger partial charge >= 0.3 is 11.8 Å². The van der Waals surface area contributed by atoms with Crippen LogP contribution in [-0.2, 0) is 9.47 Å². The van der Waals surface area contributed by atoms with Crippen LogP contribution in [0.3, 0.4) is 0 Å². The van der Waals surface area contributed by atoms with Gasteiger partial charge in [0.15, 0.2) is 11.6 Å². The monoisotopic (exact) mass is 373 g/mol. The van der Waals surface area contributed by atoms with Crippen molar-refractivity contribution in [1.29, 1.82) is 0 Å². The number of carbonyl (C=O) groups excluding carboxylic acids is 1. The largest absolute Gasteiger partial charge is 0.449 e. The third-order valence-corrected chi connectivity index (χ3v) is 4.05. The fourth-order valence-corrected chi connectivity index (χ4v) is 2.62. The van der Waals surface area contributed by atoms with Crippen molar-refractivity contribution in [3.63, 3.8) is 0 Å². The van der Waals surface area contributed by atoms with Crippen molar-refractivity contribution in [2.45, 2.75) is 57.5 Å². The summed E-state index contributed by atoms with van der Waals surface area (Å²) in [4.78, 5) is 27.2. The molecule has 2 heterocycles. The maximum Gasteiger partial charge on any atom is 0.412 e. The molecule has 1 aromatic rings. The summed E-state index contributed by atoms with van der Waals surface area (Å²) in [5.74, 6) is -1.49. The smallest absolute Gasteiger partial charge is 0.412 e. The third kappa shape index (κ3) is 5.23. The van der Waals surface area contributed by atoms with Crippen LogP contribution >= 0.6 is 0 Å². The van der Waals surface area contributed by atoms with Gasteiger partial charge in [-0.2, -0.15) is 4.98 Å². The van der Waals surface area contributed by atoms with E-state index in [1.807, 2.05) is 0 Å².